The number of hydrogen-bond donors (Lipinski definition) is 1. The third-order valence-corrected chi connectivity index (χ3v) is 5.19. The molecule has 2 unspecified atom stereocenters. The molecular weight excluding hydrogens is 310 g/mol. The van der Waals surface area contributed by atoms with Crippen molar-refractivity contribution in [2.24, 2.45) is 0 Å². The van der Waals surface area contributed by atoms with E-state index in [2.05, 4.69) is 21.7 Å². The number of thiophene rings is 1. The third-order valence-electron chi connectivity index (χ3n) is 4.33. The minimum atomic E-state index is -0.264. The van der Waals surface area contributed by atoms with Gasteiger partial charge in [-0.25, -0.2) is 4.98 Å². The van der Waals surface area contributed by atoms with Crippen molar-refractivity contribution >= 4 is 11.3 Å². The number of β-amino-alcohol motifs (C(OH)–C–C–N with tert-alkyl or cyclic N) is 1. The van der Waals surface area contributed by atoms with Crippen molar-refractivity contribution in [3.8, 4) is 10.8 Å². The van der Waals surface area contributed by atoms with Gasteiger partial charge in [0.2, 0.25) is 5.89 Å². The van der Waals surface area contributed by atoms with Gasteiger partial charge < -0.3 is 9.52 Å². The van der Waals surface area contributed by atoms with Gasteiger partial charge in [0.1, 0.15) is 6.26 Å². The molecule has 3 rings (SSSR count). The quantitative estimate of drug-likeness (QED) is 0.879. The zero-order valence-corrected chi connectivity index (χ0v) is 14.6. The van der Waals surface area contributed by atoms with Crippen LogP contribution in [0.5, 0.6) is 0 Å². The average molecular weight is 335 g/mol. The first-order chi connectivity index (χ1) is 11.2. The monoisotopic (exact) mass is 335 g/mol. The summed E-state index contributed by atoms with van der Waals surface area (Å²) in [6.45, 7) is 8.69. The van der Waals surface area contributed by atoms with Crippen LogP contribution in [0, 0.1) is 0 Å². The Balaban J connectivity index is 1.59. The molecule has 6 heteroatoms. The zero-order valence-electron chi connectivity index (χ0n) is 13.8. The molecule has 1 N–H and O–H groups in total. The van der Waals surface area contributed by atoms with E-state index in [4.69, 9.17) is 4.42 Å². The van der Waals surface area contributed by atoms with Gasteiger partial charge >= 0.3 is 0 Å². The van der Waals surface area contributed by atoms with E-state index in [1.165, 1.54) is 0 Å². The van der Waals surface area contributed by atoms with Crippen LogP contribution in [0.25, 0.3) is 10.8 Å². The van der Waals surface area contributed by atoms with Gasteiger partial charge in [-0.1, -0.05) is 13.0 Å². The highest BCUT2D eigenvalue weighted by Gasteiger charge is 2.26. The Bertz CT molecular complexity index is 597. The first-order valence-electron chi connectivity index (χ1n) is 8.28. The molecule has 0 bridgehead atoms. The van der Waals surface area contributed by atoms with E-state index in [0.29, 0.717) is 6.04 Å². The molecule has 1 fully saturated rings. The van der Waals surface area contributed by atoms with Crippen molar-refractivity contribution in [1.82, 2.24) is 14.8 Å². The highest BCUT2D eigenvalue weighted by Crippen LogP contribution is 2.24. The molecule has 126 valence electrons. The molecule has 0 aromatic carbocycles. The molecule has 1 aliphatic rings. The van der Waals surface area contributed by atoms with E-state index < -0.39 is 0 Å². The van der Waals surface area contributed by atoms with Crippen molar-refractivity contribution < 1.29 is 9.52 Å². The van der Waals surface area contributed by atoms with Gasteiger partial charge in [0.05, 0.1) is 16.7 Å². The Labute approximate surface area is 141 Å². The van der Waals surface area contributed by atoms with Crippen LogP contribution < -0.4 is 0 Å². The summed E-state index contributed by atoms with van der Waals surface area (Å²) in [4.78, 5) is 10.5. The van der Waals surface area contributed by atoms with Gasteiger partial charge in [0.15, 0.2) is 0 Å². The van der Waals surface area contributed by atoms with Crippen molar-refractivity contribution in [1.29, 1.82) is 0 Å². The number of hydrogen-bond acceptors (Lipinski definition) is 6. The number of oxazole rings is 1. The van der Waals surface area contributed by atoms with Gasteiger partial charge in [-0.2, -0.15) is 0 Å². The lowest BCUT2D eigenvalue weighted by Gasteiger charge is -2.41. The summed E-state index contributed by atoms with van der Waals surface area (Å²) in [7, 11) is 0. The Morgan fingerprint density at radius 3 is 3.04 bits per heavy atom. The van der Waals surface area contributed by atoms with Crippen molar-refractivity contribution in [3.05, 3.63) is 29.5 Å². The van der Waals surface area contributed by atoms with Crippen LogP contribution in [0.4, 0.5) is 0 Å². The van der Waals surface area contributed by atoms with Crippen LogP contribution in [0.1, 0.15) is 26.0 Å². The second kappa shape index (κ2) is 7.57. The second-order valence-corrected chi connectivity index (χ2v) is 7.21. The lowest BCUT2D eigenvalue weighted by atomic mass is 10.1. The Morgan fingerprint density at radius 2 is 2.35 bits per heavy atom. The predicted molar refractivity (Wildman–Crippen MR) is 92.4 cm³/mol. The van der Waals surface area contributed by atoms with E-state index in [0.717, 1.165) is 55.6 Å². The first-order valence-corrected chi connectivity index (χ1v) is 9.16. The van der Waals surface area contributed by atoms with E-state index in [1.807, 2.05) is 24.4 Å². The molecule has 1 saturated heterocycles. The SMILES string of the molecule is CCC1CN(Cc2coc(-c3cccs3)n2)CCN1CC(C)O. The summed E-state index contributed by atoms with van der Waals surface area (Å²) in [5.74, 6) is 0.717. The van der Waals surface area contributed by atoms with E-state index in [-0.39, 0.29) is 6.10 Å². The van der Waals surface area contributed by atoms with Crippen LogP contribution in [-0.4, -0.2) is 58.2 Å². The number of aliphatic hydroxyl groups is 1. The summed E-state index contributed by atoms with van der Waals surface area (Å²) in [5, 5.41) is 11.7. The molecule has 0 saturated carbocycles. The summed E-state index contributed by atoms with van der Waals surface area (Å²) < 4.78 is 5.61. The topological polar surface area (TPSA) is 52.7 Å². The number of nitrogens with zero attached hydrogens (tertiary/aromatic N) is 3. The molecule has 0 radical (unpaired) electrons. The lowest BCUT2D eigenvalue weighted by Crippen LogP contribution is -2.54. The highest BCUT2D eigenvalue weighted by atomic mass is 32.1. The average Bonchev–Trinajstić information content (AvgIpc) is 3.19. The van der Waals surface area contributed by atoms with Crippen LogP contribution in [0.2, 0.25) is 0 Å². The number of piperazine rings is 1. The lowest BCUT2D eigenvalue weighted by molar-refractivity contribution is 0.0333. The largest absolute Gasteiger partial charge is 0.444 e. The summed E-state index contributed by atoms with van der Waals surface area (Å²) in [5.41, 5.74) is 0.993. The fourth-order valence-electron chi connectivity index (χ4n) is 3.19. The first kappa shape index (κ1) is 16.6. The normalized spacial score (nSPS) is 21.6. The fraction of sp³-hybridized carbons (Fsp3) is 0.588. The van der Waals surface area contributed by atoms with E-state index in [1.54, 1.807) is 17.6 Å². The Morgan fingerprint density at radius 1 is 1.48 bits per heavy atom. The third kappa shape index (κ3) is 4.20. The molecule has 2 atom stereocenters. The van der Waals surface area contributed by atoms with Gasteiger partial charge in [0.25, 0.3) is 0 Å². The number of rotatable bonds is 6. The molecule has 2 aromatic heterocycles. The maximum Gasteiger partial charge on any atom is 0.236 e. The van der Waals surface area contributed by atoms with Crippen LogP contribution in [0.3, 0.4) is 0 Å². The molecule has 0 spiro atoms. The van der Waals surface area contributed by atoms with Crippen LogP contribution >= 0.6 is 11.3 Å². The van der Waals surface area contributed by atoms with E-state index >= 15 is 0 Å². The molecule has 5 nitrogen and oxygen atoms in total. The van der Waals surface area contributed by atoms with Crippen molar-refractivity contribution in [2.75, 3.05) is 26.2 Å². The molecule has 23 heavy (non-hydrogen) atoms. The van der Waals surface area contributed by atoms with Gasteiger partial charge in [-0.05, 0) is 24.8 Å². The Hall–Kier alpha value is -1.21. The zero-order chi connectivity index (χ0) is 16.2. The molecule has 3 heterocycles. The minimum absolute atomic E-state index is 0.264. The summed E-state index contributed by atoms with van der Waals surface area (Å²) in [6.07, 6.45) is 2.61. The standard InChI is InChI=1S/C17H25N3O2S/c1-3-15-11-19(6-7-20(15)9-13(2)21)10-14-12-22-17(18-14)16-5-4-8-23-16/h4-5,8,12-13,15,21H,3,6-7,9-11H2,1-2H3. The minimum Gasteiger partial charge on any atom is -0.444 e. The molecule has 0 amide bonds. The summed E-state index contributed by atoms with van der Waals surface area (Å²) >= 11 is 1.65. The summed E-state index contributed by atoms with van der Waals surface area (Å²) in [6, 6.07) is 4.54. The highest BCUT2D eigenvalue weighted by molar-refractivity contribution is 7.13. The molecular formula is C17H25N3O2S. The van der Waals surface area contributed by atoms with Crippen molar-refractivity contribution in [3.63, 3.8) is 0 Å². The number of aliphatic hydroxyl groups excluding tert-OH is 1. The van der Waals surface area contributed by atoms with Gasteiger partial charge in [0, 0.05) is 38.8 Å². The maximum absolute atomic E-state index is 9.64. The molecule has 2 aromatic rings. The second-order valence-electron chi connectivity index (χ2n) is 6.26. The predicted octanol–water partition coefficient (Wildman–Crippen LogP) is 2.68. The van der Waals surface area contributed by atoms with E-state index in [9.17, 15) is 5.11 Å². The van der Waals surface area contributed by atoms with Gasteiger partial charge in [-0.3, -0.25) is 9.80 Å². The van der Waals surface area contributed by atoms with Crippen LogP contribution in [0.15, 0.2) is 28.2 Å². The van der Waals surface area contributed by atoms with Crippen LogP contribution in [-0.2, 0) is 6.54 Å². The molecule has 1 aliphatic heterocycles. The Kier molecular flexibility index (Phi) is 5.48. The fourth-order valence-corrected chi connectivity index (χ4v) is 3.85. The maximum atomic E-state index is 9.64. The van der Waals surface area contributed by atoms with Gasteiger partial charge in [-0.15, -0.1) is 11.3 Å². The smallest absolute Gasteiger partial charge is 0.236 e. The van der Waals surface area contributed by atoms with Crippen molar-refractivity contribution in [2.45, 2.75) is 39.0 Å². The number of aromatic nitrogens is 1. The molecule has 0 aliphatic carbocycles.